The van der Waals surface area contributed by atoms with Crippen LogP contribution in [0.15, 0.2) is 30.6 Å². The summed E-state index contributed by atoms with van der Waals surface area (Å²) in [7, 11) is 4.18. The molecule has 1 aromatic heterocycles. The van der Waals surface area contributed by atoms with Gasteiger partial charge in [-0.25, -0.2) is 4.98 Å². The van der Waals surface area contributed by atoms with Crippen molar-refractivity contribution in [2.24, 2.45) is 7.05 Å². The van der Waals surface area contributed by atoms with E-state index in [0.29, 0.717) is 11.8 Å². The van der Waals surface area contributed by atoms with Crippen molar-refractivity contribution in [1.29, 1.82) is 0 Å². The van der Waals surface area contributed by atoms with Crippen molar-refractivity contribution >= 4 is 0 Å². The normalized spacial score (nSPS) is 18.2. The molecule has 0 fully saturated rings. The van der Waals surface area contributed by atoms with Crippen molar-refractivity contribution < 1.29 is 5.11 Å². The maximum Gasteiger partial charge on any atom is 0.122 e. The molecule has 1 N–H and O–H groups in total. The van der Waals surface area contributed by atoms with Gasteiger partial charge in [0.05, 0.1) is 6.54 Å². The molecule has 1 aliphatic rings. The van der Waals surface area contributed by atoms with Crippen LogP contribution in [0, 0.1) is 0 Å². The molecule has 0 saturated carbocycles. The highest BCUT2D eigenvalue weighted by Crippen LogP contribution is 2.35. The summed E-state index contributed by atoms with van der Waals surface area (Å²) in [6.07, 6.45) is 7.23. The minimum absolute atomic E-state index is 0.371. The van der Waals surface area contributed by atoms with Crippen molar-refractivity contribution in [3.8, 4) is 5.75 Å². The number of benzene rings is 1. The minimum atomic E-state index is 0.371. The predicted octanol–water partition coefficient (Wildman–Crippen LogP) is 2.64. The molecule has 3 rings (SSSR count). The molecule has 4 heteroatoms. The largest absolute Gasteiger partial charge is 0.508 e. The van der Waals surface area contributed by atoms with Crippen molar-refractivity contribution in [3.05, 3.63) is 47.5 Å². The van der Waals surface area contributed by atoms with E-state index in [9.17, 15) is 5.11 Å². The molecule has 0 aliphatic heterocycles. The molecule has 1 heterocycles. The quantitative estimate of drug-likeness (QED) is 0.933. The summed E-state index contributed by atoms with van der Waals surface area (Å²) >= 11 is 0. The summed E-state index contributed by atoms with van der Waals surface area (Å²) in [4.78, 5) is 6.76. The number of hydrogen-bond donors (Lipinski definition) is 1. The first-order valence-corrected chi connectivity index (χ1v) is 7.13. The second-order valence-corrected chi connectivity index (χ2v) is 5.66. The molecular weight excluding hydrogens is 250 g/mol. The van der Waals surface area contributed by atoms with E-state index < -0.39 is 0 Å². The van der Waals surface area contributed by atoms with Gasteiger partial charge in [0, 0.05) is 25.5 Å². The van der Waals surface area contributed by atoms with E-state index in [1.54, 1.807) is 6.07 Å². The number of aryl methyl sites for hydroxylation is 2. The number of imidazole rings is 1. The molecular formula is C16H21N3O. The third-order valence-electron chi connectivity index (χ3n) is 4.25. The lowest BCUT2D eigenvalue weighted by Crippen LogP contribution is -2.28. The zero-order chi connectivity index (χ0) is 14.1. The van der Waals surface area contributed by atoms with E-state index in [0.717, 1.165) is 18.8 Å². The van der Waals surface area contributed by atoms with Crippen LogP contribution in [0.3, 0.4) is 0 Å². The lowest BCUT2D eigenvalue weighted by Gasteiger charge is -2.33. The summed E-state index contributed by atoms with van der Waals surface area (Å²) in [5.74, 6) is 1.45. The van der Waals surface area contributed by atoms with Crippen molar-refractivity contribution in [2.45, 2.75) is 31.8 Å². The SMILES string of the molecule is CN(Cc1nccn1C)C1CCCc2cc(O)ccc21. The van der Waals surface area contributed by atoms with Crippen LogP contribution in [0.4, 0.5) is 0 Å². The van der Waals surface area contributed by atoms with Gasteiger partial charge in [0.1, 0.15) is 11.6 Å². The Labute approximate surface area is 119 Å². The van der Waals surface area contributed by atoms with E-state index in [4.69, 9.17) is 0 Å². The zero-order valence-corrected chi connectivity index (χ0v) is 12.1. The van der Waals surface area contributed by atoms with Gasteiger partial charge in [0.2, 0.25) is 0 Å². The fourth-order valence-electron chi connectivity index (χ4n) is 3.12. The molecule has 0 radical (unpaired) electrons. The van der Waals surface area contributed by atoms with Crippen LogP contribution in [0.5, 0.6) is 5.75 Å². The molecule has 0 spiro atoms. The minimum Gasteiger partial charge on any atom is -0.508 e. The number of aromatic hydroxyl groups is 1. The summed E-state index contributed by atoms with van der Waals surface area (Å²) < 4.78 is 2.07. The fourth-order valence-corrected chi connectivity index (χ4v) is 3.12. The van der Waals surface area contributed by atoms with Gasteiger partial charge in [-0.3, -0.25) is 4.90 Å². The smallest absolute Gasteiger partial charge is 0.122 e. The second-order valence-electron chi connectivity index (χ2n) is 5.66. The first-order valence-electron chi connectivity index (χ1n) is 7.13. The van der Waals surface area contributed by atoms with Crippen molar-refractivity contribution in [3.63, 3.8) is 0 Å². The number of aromatic nitrogens is 2. The van der Waals surface area contributed by atoms with Crippen LogP contribution < -0.4 is 0 Å². The Balaban J connectivity index is 1.83. The van der Waals surface area contributed by atoms with Crippen LogP contribution in [-0.4, -0.2) is 26.6 Å². The number of phenols is 1. The highest BCUT2D eigenvalue weighted by molar-refractivity contribution is 5.38. The Morgan fingerprint density at radius 3 is 3.05 bits per heavy atom. The third-order valence-corrected chi connectivity index (χ3v) is 4.25. The molecule has 1 unspecified atom stereocenters. The second kappa shape index (κ2) is 5.29. The molecule has 1 aliphatic carbocycles. The first kappa shape index (κ1) is 13.2. The summed E-state index contributed by atoms with van der Waals surface area (Å²) in [5.41, 5.74) is 2.64. The van der Waals surface area contributed by atoms with Gasteiger partial charge in [-0.2, -0.15) is 0 Å². The monoisotopic (exact) mass is 271 g/mol. The van der Waals surface area contributed by atoms with Crippen molar-refractivity contribution in [1.82, 2.24) is 14.5 Å². The highest BCUT2D eigenvalue weighted by atomic mass is 16.3. The van der Waals surface area contributed by atoms with Crippen molar-refractivity contribution in [2.75, 3.05) is 7.05 Å². The Kier molecular flexibility index (Phi) is 3.49. The van der Waals surface area contributed by atoms with Gasteiger partial charge < -0.3 is 9.67 Å². The Hall–Kier alpha value is -1.81. The Bertz CT molecular complexity index is 606. The summed E-state index contributed by atoms with van der Waals surface area (Å²) in [5, 5.41) is 9.63. The molecule has 0 saturated heterocycles. The summed E-state index contributed by atoms with van der Waals surface area (Å²) in [6, 6.07) is 6.20. The predicted molar refractivity (Wildman–Crippen MR) is 78.5 cm³/mol. The molecule has 1 aromatic carbocycles. The topological polar surface area (TPSA) is 41.3 Å². The van der Waals surface area contributed by atoms with E-state index in [2.05, 4.69) is 27.6 Å². The number of nitrogens with zero attached hydrogens (tertiary/aromatic N) is 3. The van der Waals surface area contributed by atoms with Crippen LogP contribution in [0.1, 0.15) is 35.8 Å². The van der Waals surface area contributed by atoms with Crippen LogP contribution in [0.25, 0.3) is 0 Å². The van der Waals surface area contributed by atoms with Gasteiger partial charge in [-0.05, 0) is 49.6 Å². The maximum atomic E-state index is 9.63. The molecule has 2 aromatic rings. The van der Waals surface area contributed by atoms with Gasteiger partial charge in [-0.15, -0.1) is 0 Å². The molecule has 106 valence electrons. The van der Waals surface area contributed by atoms with Crippen LogP contribution in [0.2, 0.25) is 0 Å². The molecule has 20 heavy (non-hydrogen) atoms. The standard InChI is InChI=1S/C16H21N3O/c1-18-9-8-17-16(18)11-19(2)15-5-3-4-12-10-13(20)6-7-14(12)15/h6-10,15,20H,3-5,11H2,1-2H3. The van der Waals surface area contributed by atoms with Crippen LogP contribution in [-0.2, 0) is 20.0 Å². The van der Waals surface area contributed by atoms with E-state index in [1.165, 1.54) is 24.0 Å². The summed E-state index contributed by atoms with van der Waals surface area (Å²) in [6.45, 7) is 0.842. The molecule has 0 amide bonds. The van der Waals surface area contributed by atoms with Gasteiger partial charge in [0.25, 0.3) is 0 Å². The highest BCUT2D eigenvalue weighted by Gasteiger charge is 2.24. The Morgan fingerprint density at radius 1 is 1.45 bits per heavy atom. The molecule has 0 bridgehead atoms. The number of rotatable bonds is 3. The third kappa shape index (κ3) is 2.43. The number of hydrogen-bond acceptors (Lipinski definition) is 3. The van der Waals surface area contributed by atoms with Crippen LogP contribution >= 0.6 is 0 Å². The molecule has 4 nitrogen and oxygen atoms in total. The van der Waals surface area contributed by atoms with E-state index in [1.807, 2.05) is 25.5 Å². The van der Waals surface area contributed by atoms with Gasteiger partial charge in [-0.1, -0.05) is 6.07 Å². The van der Waals surface area contributed by atoms with E-state index in [-0.39, 0.29) is 0 Å². The Morgan fingerprint density at radius 2 is 2.30 bits per heavy atom. The lowest BCUT2D eigenvalue weighted by molar-refractivity contribution is 0.206. The van der Waals surface area contributed by atoms with Gasteiger partial charge >= 0.3 is 0 Å². The average Bonchev–Trinajstić information content (AvgIpc) is 2.83. The fraction of sp³-hybridized carbons (Fsp3) is 0.438. The first-order chi connectivity index (χ1) is 9.65. The average molecular weight is 271 g/mol. The molecule has 1 atom stereocenters. The number of phenolic OH excluding ortho intramolecular Hbond substituents is 1. The van der Waals surface area contributed by atoms with Gasteiger partial charge in [0.15, 0.2) is 0 Å². The lowest BCUT2D eigenvalue weighted by atomic mass is 9.87. The van der Waals surface area contributed by atoms with E-state index >= 15 is 0 Å². The number of fused-ring (bicyclic) bond motifs is 1. The zero-order valence-electron chi connectivity index (χ0n) is 12.1. The maximum absolute atomic E-state index is 9.63.